The van der Waals surface area contributed by atoms with E-state index in [-0.39, 0.29) is 6.04 Å². The van der Waals surface area contributed by atoms with Gasteiger partial charge in [0.1, 0.15) is 18.2 Å². The zero-order chi connectivity index (χ0) is 16.6. The second kappa shape index (κ2) is 6.25. The van der Waals surface area contributed by atoms with E-state index >= 15 is 0 Å². The van der Waals surface area contributed by atoms with Crippen LogP contribution in [-0.4, -0.2) is 9.55 Å². The van der Waals surface area contributed by atoms with E-state index < -0.39 is 0 Å². The molecular weight excluding hydrogens is 308 g/mol. The summed E-state index contributed by atoms with van der Waals surface area (Å²) in [7, 11) is 0. The Hall–Kier alpha value is -2.00. The number of hydrogen-bond donors (Lipinski definition) is 0. The number of aromatic nitrogens is 2. The van der Waals surface area contributed by atoms with Crippen LogP contribution in [0, 0.1) is 13.8 Å². The van der Waals surface area contributed by atoms with Crippen molar-refractivity contribution in [3.05, 3.63) is 58.4 Å². The standard InChI is InChI=1S/C19H21ClN2O/c1-12(2)22-17-10-15(20)6-7-16(17)21-19(22)11-23-18-8-5-13(3)9-14(18)4/h5-10,12H,11H2,1-4H3. The molecule has 0 saturated heterocycles. The van der Waals surface area contributed by atoms with Gasteiger partial charge in [-0.25, -0.2) is 4.98 Å². The molecule has 0 N–H and O–H groups in total. The molecule has 3 aromatic rings. The number of rotatable bonds is 4. The van der Waals surface area contributed by atoms with Crippen LogP contribution in [0.1, 0.15) is 36.8 Å². The van der Waals surface area contributed by atoms with Crippen molar-refractivity contribution in [2.45, 2.75) is 40.3 Å². The first kappa shape index (κ1) is 15.9. The molecule has 0 saturated carbocycles. The molecule has 3 nitrogen and oxygen atoms in total. The van der Waals surface area contributed by atoms with Gasteiger partial charge in [-0.15, -0.1) is 0 Å². The SMILES string of the molecule is Cc1ccc(OCc2nc3ccc(Cl)cc3n2C(C)C)c(C)c1. The maximum atomic E-state index is 6.14. The minimum absolute atomic E-state index is 0.288. The van der Waals surface area contributed by atoms with Crippen molar-refractivity contribution >= 4 is 22.6 Å². The largest absolute Gasteiger partial charge is 0.485 e. The molecule has 4 heteroatoms. The fraction of sp³-hybridized carbons (Fsp3) is 0.316. The van der Waals surface area contributed by atoms with E-state index in [1.807, 2.05) is 24.3 Å². The predicted molar refractivity (Wildman–Crippen MR) is 95.4 cm³/mol. The van der Waals surface area contributed by atoms with Crippen molar-refractivity contribution in [3.8, 4) is 5.75 Å². The maximum Gasteiger partial charge on any atom is 0.148 e. The molecule has 1 heterocycles. The average Bonchev–Trinajstić information content (AvgIpc) is 2.84. The summed E-state index contributed by atoms with van der Waals surface area (Å²) in [6.45, 7) is 8.87. The number of fused-ring (bicyclic) bond motifs is 1. The molecule has 0 unspecified atom stereocenters. The Labute approximate surface area is 141 Å². The average molecular weight is 329 g/mol. The second-order valence-corrected chi connectivity index (χ2v) is 6.62. The molecule has 23 heavy (non-hydrogen) atoms. The van der Waals surface area contributed by atoms with E-state index in [1.54, 1.807) is 0 Å². The van der Waals surface area contributed by atoms with Gasteiger partial charge in [-0.2, -0.15) is 0 Å². The third-order valence-electron chi connectivity index (χ3n) is 3.93. The predicted octanol–water partition coefficient (Wildman–Crippen LogP) is 5.47. The van der Waals surface area contributed by atoms with Gasteiger partial charge in [0.2, 0.25) is 0 Å². The topological polar surface area (TPSA) is 27.1 Å². The van der Waals surface area contributed by atoms with Crippen LogP contribution in [0.25, 0.3) is 11.0 Å². The van der Waals surface area contributed by atoms with Gasteiger partial charge in [-0.05, 0) is 57.5 Å². The molecule has 0 aliphatic rings. The van der Waals surface area contributed by atoms with Crippen molar-refractivity contribution in [1.29, 1.82) is 0 Å². The molecule has 2 aromatic carbocycles. The Morgan fingerprint density at radius 3 is 2.61 bits per heavy atom. The lowest BCUT2D eigenvalue weighted by molar-refractivity contribution is 0.285. The summed E-state index contributed by atoms with van der Waals surface area (Å²) in [6.07, 6.45) is 0. The van der Waals surface area contributed by atoms with Gasteiger partial charge < -0.3 is 9.30 Å². The molecule has 3 rings (SSSR count). The highest BCUT2D eigenvalue weighted by molar-refractivity contribution is 6.31. The Bertz CT molecular complexity index is 852. The lowest BCUT2D eigenvalue weighted by atomic mass is 10.1. The van der Waals surface area contributed by atoms with Gasteiger partial charge in [0, 0.05) is 11.1 Å². The third kappa shape index (κ3) is 3.20. The minimum Gasteiger partial charge on any atom is -0.485 e. The van der Waals surface area contributed by atoms with Gasteiger partial charge in [-0.1, -0.05) is 29.3 Å². The molecule has 0 atom stereocenters. The van der Waals surface area contributed by atoms with Crippen LogP contribution < -0.4 is 4.74 Å². The van der Waals surface area contributed by atoms with Crippen molar-refractivity contribution in [2.75, 3.05) is 0 Å². The number of hydrogen-bond acceptors (Lipinski definition) is 2. The number of aryl methyl sites for hydroxylation is 2. The van der Waals surface area contributed by atoms with Crippen LogP contribution in [0.3, 0.4) is 0 Å². The lowest BCUT2D eigenvalue weighted by Gasteiger charge is -2.14. The molecule has 1 aromatic heterocycles. The molecule has 120 valence electrons. The number of imidazole rings is 1. The normalized spacial score (nSPS) is 11.4. The fourth-order valence-corrected chi connectivity index (χ4v) is 3.06. The van der Waals surface area contributed by atoms with Crippen molar-refractivity contribution in [2.24, 2.45) is 0 Å². The first-order valence-corrected chi connectivity index (χ1v) is 8.20. The maximum absolute atomic E-state index is 6.14. The molecule has 0 aliphatic carbocycles. The molecular formula is C19H21ClN2O. The molecule has 0 bridgehead atoms. The van der Waals surface area contributed by atoms with Gasteiger partial charge in [0.25, 0.3) is 0 Å². The first-order chi connectivity index (χ1) is 11.0. The van der Waals surface area contributed by atoms with Gasteiger partial charge in [0.15, 0.2) is 0 Å². The summed E-state index contributed by atoms with van der Waals surface area (Å²) < 4.78 is 8.20. The van der Waals surface area contributed by atoms with Crippen LogP contribution in [0.15, 0.2) is 36.4 Å². The highest BCUT2D eigenvalue weighted by Crippen LogP contribution is 2.26. The van der Waals surface area contributed by atoms with Gasteiger partial charge >= 0.3 is 0 Å². The highest BCUT2D eigenvalue weighted by Gasteiger charge is 2.14. The fourth-order valence-electron chi connectivity index (χ4n) is 2.90. The number of ether oxygens (including phenoxy) is 1. The van der Waals surface area contributed by atoms with E-state index in [9.17, 15) is 0 Å². The van der Waals surface area contributed by atoms with Crippen LogP contribution in [-0.2, 0) is 6.61 Å². The number of halogens is 1. The third-order valence-corrected chi connectivity index (χ3v) is 4.16. The van der Waals surface area contributed by atoms with Crippen molar-refractivity contribution in [1.82, 2.24) is 9.55 Å². The van der Waals surface area contributed by atoms with E-state index in [1.165, 1.54) is 5.56 Å². The Kier molecular flexibility index (Phi) is 4.31. The highest BCUT2D eigenvalue weighted by atomic mass is 35.5. The van der Waals surface area contributed by atoms with Crippen LogP contribution in [0.4, 0.5) is 0 Å². The molecule has 0 aliphatic heterocycles. The summed E-state index contributed by atoms with van der Waals surface area (Å²) in [4.78, 5) is 4.72. The lowest BCUT2D eigenvalue weighted by Crippen LogP contribution is -2.09. The van der Waals surface area contributed by atoms with Crippen molar-refractivity contribution < 1.29 is 4.74 Å². The molecule has 0 radical (unpaired) electrons. The Balaban J connectivity index is 1.94. The van der Waals surface area contributed by atoms with E-state index in [2.05, 4.69) is 44.4 Å². The quantitative estimate of drug-likeness (QED) is 0.635. The monoisotopic (exact) mass is 328 g/mol. The summed E-state index contributed by atoms with van der Waals surface area (Å²) in [5.74, 6) is 1.81. The van der Waals surface area contributed by atoms with Gasteiger partial charge in [-0.3, -0.25) is 0 Å². The first-order valence-electron chi connectivity index (χ1n) is 7.82. The zero-order valence-corrected chi connectivity index (χ0v) is 14.7. The number of nitrogens with zero attached hydrogens (tertiary/aromatic N) is 2. The smallest absolute Gasteiger partial charge is 0.148 e. The summed E-state index contributed by atoms with van der Waals surface area (Å²) in [6, 6.07) is 12.3. The molecule has 0 fully saturated rings. The summed E-state index contributed by atoms with van der Waals surface area (Å²) >= 11 is 6.14. The molecule has 0 amide bonds. The van der Waals surface area contributed by atoms with Gasteiger partial charge in [0.05, 0.1) is 11.0 Å². The Morgan fingerprint density at radius 1 is 1.13 bits per heavy atom. The minimum atomic E-state index is 0.288. The molecule has 0 spiro atoms. The van der Waals surface area contributed by atoms with E-state index in [4.69, 9.17) is 21.3 Å². The van der Waals surface area contributed by atoms with Crippen LogP contribution in [0.2, 0.25) is 5.02 Å². The van der Waals surface area contributed by atoms with Crippen LogP contribution >= 0.6 is 11.6 Å². The van der Waals surface area contributed by atoms with E-state index in [0.29, 0.717) is 6.61 Å². The number of benzene rings is 2. The Morgan fingerprint density at radius 2 is 1.91 bits per heavy atom. The van der Waals surface area contributed by atoms with Crippen LogP contribution in [0.5, 0.6) is 5.75 Å². The van der Waals surface area contributed by atoms with E-state index in [0.717, 1.165) is 33.2 Å². The van der Waals surface area contributed by atoms with Crippen molar-refractivity contribution in [3.63, 3.8) is 0 Å². The second-order valence-electron chi connectivity index (χ2n) is 6.18. The zero-order valence-electron chi connectivity index (χ0n) is 13.9. The summed E-state index contributed by atoms with van der Waals surface area (Å²) in [5, 5.41) is 0.723. The summed E-state index contributed by atoms with van der Waals surface area (Å²) in [5.41, 5.74) is 4.37.